The van der Waals surface area contributed by atoms with E-state index in [1.165, 1.54) is 25.3 Å². The van der Waals surface area contributed by atoms with Crippen LogP contribution in [0, 0.1) is 0 Å². The van der Waals surface area contributed by atoms with Crippen LogP contribution >= 0.6 is 0 Å². The Morgan fingerprint density at radius 1 is 1.32 bits per heavy atom. The van der Waals surface area contributed by atoms with Crippen LogP contribution in [0.25, 0.3) is 6.08 Å². The van der Waals surface area contributed by atoms with Crippen molar-refractivity contribution < 1.29 is 9.53 Å². The smallest absolute Gasteiger partial charge is 0.260 e. The molecule has 0 aliphatic carbocycles. The SMILES string of the molecule is C=CC(=O)N([C@H](CCCCCC)c1ccccc1C=C)N1CCC[C@H]1COC. The zero-order valence-corrected chi connectivity index (χ0v) is 17.6. The highest BCUT2D eigenvalue weighted by Crippen LogP contribution is 2.34. The van der Waals surface area contributed by atoms with Gasteiger partial charge in [-0.15, -0.1) is 0 Å². The lowest BCUT2D eigenvalue weighted by atomic mass is 9.94. The van der Waals surface area contributed by atoms with E-state index >= 15 is 0 Å². The van der Waals surface area contributed by atoms with E-state index in [9.17, 15) is 4.79 Å². The lowest BCUT2D eigenvalue weighted by Gasteiger charge is -2.41. The number of hydrazine groups is 1. The molecule has 0 unspecified atom stereocenters. The van der Waals surface area contributed by atoms with E-state index in [1.54, 1.807) is 7.11 Å². The summed E-state index contributed by atoms with van der Waals surface area (Å²) in [6.45, 7) is 11.5. The molecule has 1 fully saturated rings. The summed E-state index contributed by atoms with van der Waals surface area (Å²) in [6, 6.07) is 8.49. The number of ether oxygens (including phenoxy) is 1. The fraction of sp³-hybridized carbons (Fsp3) is 0.542. The first-order valence-electron chi connectivity index (χ1n) is 10.6. The van der Waals surface area contributed by atoms with Gasteiger partial charge in [0, 0.05) is 13.7 Å². The molecule has 1 amide bonds. The second-order valence-corrected chi connectivity index (χ2v) is 7.50. The molecule has 1 aromatic rings. The highest BCUT2D eigenvalue weighted by atomic mass is 16.5. The van der Waals surface area contributed by atoms with Crippen LogP contribution in [0.2, 0.25) is 0 Å². The molecule has 0 aromatic heterocycles. The topological polar surface area (TPSA) is 32.8 Å². The van der Waals surface area contributed by atoms with E-state index in [-0.39, 0.29) is 18.0 Å². The molecule has 1 aromatic carbocycles. The van der Waals surface area contributed by atoms with Crippen molar-refractivity contribution in [3.05, 3.63) is 54.6 Å². The molecule has 0 N–H and O–H groups in total. The van der Waals surface area contributed by atoms with Gasteiger partial charge < -0.3 is 4.74 Å². The van der Waals surface area contributed by atoms with Gasteiger partial charge in [-0.3, -0.25) is 9.80 Å². The molecule has 0 radical (unpaired) electrons. The van der Waals surface area contributed by atoms with Crippen molar-refractivity contribution in [2.45, 2.75) is 64.0 Å². The average molecular weight is 385 g/mol. The maximum absolute atomic E-state index is 13.1. The van der Waals surface area contributed by atoms with Crippen LogP contribution in [0.5, 0.6) is 0 Å². The summed E-state index contributed by atoms with van der Waals surface area (Å²) in [4.78, 5) is 13.1. The number of amides is 1. The molecule has 2 rings (SSSR count). The van der Waals surface area contributed by atoms with Gasteiger partial charge in [-0.25, -0.2) is 5.01 Å². The van der Waals surface area contributed by atoms with Crippen molar-refractivity contribution in [2.75, 3.05) is 20.3 Å². The van der Waals surface area contributed by atoms with Crippen LogP contribution in [0.1, 0.15) is 69.0 Å². The normalized spacial score (nSPS) is 18.0. The predicted octanol–water partition coefficient (Wildman–Crippen LogP) is 5.38. The van der Waals surface area contributed by atoms with Crippen LogP contribution in [-0.2, 0) is 9.53 Å². The second kappa shape index (κ2) is 11.8. The summed E-state index contributed by atoms with van der Waals surface area (Å²) < 4.78 is 5.44. The van der Waals surface area contributed by atoms with Crippen LogP contribution in [-0.4, -0.2) is 42.2 Å². The lowest BCUT2D eigenvalue weighted by Crippen LogP contribution is -2.51. The van der Waals surface area contributed by atoms with E-state index in [4.69, 9.17) is 4.74 Å². The molecule has 1 aliphatic rings. The number of carbonyl (C=O) groups is 1. The number of benzene rings is 1. The van der Waals surface area contributed by atoms with Crippen molar-refractivity contribution in [1.29, 1.82) is 0 Å². The zero-order valence-electron chi connectivity index (χ0n) is 17.6. The summed E-state index contributed by atoms with van der Waals surface area (Å²) in [5.41, 5.74) is 2.25. The number of carbonyl (C=O) groups excluding carboxylic acids is 1. The Hall–Kier alpha value is -1.91. The first-order valence-corrected chi connectivity index (χ1v) is 10.6. The Bertz CT molecular complexity index is 643. The molecule has 1 aliphatic heterocycles. The van der Waals surface area contributed by atoms with Gasteiger partial charge in [0.15, 0.2) is 0 Å². The predicted molar refractivity (Wildman–Crippen MR) is 117 cm³/mol. The van der Waals surface area contributed by atoms with Gasteiger partial charge in [0.05, 0.1) is 18.7 Å². The maximum Gasteiger partial charge on any atom is 0.260 e. The summed E-state index contributed by atoms with van der Waals surface area (Å²) in [5.74, 6) is -0.0395. The molecule has 4 heteroatoms. The van der Waals surface area contributed by atoms with Crippen molar-refractivity contribution in [1.82, 2.24) is 10.0 Å². The first kappa shape index (κ1) is 22.4. The van der Waals surface area contributed by atoms with Gasteiger partial charge in [-0.1, -0.05) is 76.1 Å². The van der Waals surface area contributed by atoms with Gasteiger partial charge in [-0.2, -0.15) is 0 Å². The Morgan fingerprint density at radius 2 is 2.11 bits per heavy atom. The molecule has 0 saturated carbocycles. The third-order valence-corrected chi connectivity index (χ3v) is 5.58. The molecule has 2 atom stereocenters. The number of hydrogen-bond acceptors (Lipinski definition) is 3. The zero-order chi connectivity index (χ0) is 20.4. The molecule has 1 saturated heterocycles. The van der Waals surface area contributed by atoms with Gasteiger partial charge in [-0.05, 0) is 36.5 Å². The van der Waals surface area contributed by atoms with Crippen LogP contribution in [0.4, 0.5) is 0 Å². The minimum Gasteiger partial charge on any atom is -0.383 e. The fourth-order valence-electron chi connectivity index (χ4n) is 4.19. The van der Waals surface area contributed by atoms with E-state index in [0.29, 0.717) is 6.61 Å². The van der Waals surface area contributed by atoms with Crippen LogP contribution in [0.3, 0.4) is 0 Å². The quantitative estimate of drug-likeness (QED) is 0.358. The molecule has 154 valence electrons. The Balaban J connectivity index is 2.41. The Labute approximate surface area is 170 Å². The van der Waals surface area contributed by atoms with Crippen molar-refractivity contribution in [2.24, 2.45) is 0 Å². The van der Waals surface area contributed by atoms with Crippen LogP contribution < -0.4 is 0 Å². The van der Waals surface area contributed by atoms with Gasteiger partial charge in [0.25, 0.3) is 5.91 Å². The summed E-state index contributed by atoms with van der Waals surface area (Å²) in [7, 11) is 1.73. The molecule has 0 bridgehead atoms. The minimum atomic E-state index is -0.0395. The van der Waals surface area contributed by atoms with Gasteiger partial charge in [0.2, 0.25) is 0 Å². The van der Waals surface area contributed by atoms with Crippen LogP contribution in [0.15, 0.2) is 43.5 Å². The molecule has 0 spiro atoms. The maximum atomic E-state index is 13.1. The Morgan fingerprint density at radius 3 is 2.79 bits per heavy atom. The average Bonchev–Trinajstić information content (AvgIpc) is 3.17. The minimum absolute atomic E-state index is 0.0194. The molecule has 4 nitrogen and oxygen atoms in total. The highest BCUT2D eigenvalue weighted by molar-refractivity contribution is 5.87. The number of rotatable bonds is 12. The fourth-order valence-corrected chi connectivity index (χ4v) is 4.19. The first-order chi connectivity index (χ1) is 13.7. The molecule has 28 heavy (non-hydrogen) atoms. The van der Waals surface area contributed by atoms with Crippen molar-refractivity contribution in [3.63, 3.8) is 0 Å². The monoisotopic (exact) mass is 384 g/mol. The number of nitrogens with zero attached hydrogens (tertiary/aromatic N) is 2. The Kier molecular flexibility index (Phi) is 9.45. The standard InChI is InChI=1S/C24H36N2O2/c1-5-8-9-10-17-23(22-16-12-11-14-20(22)6-2)26(24(27)7-3)25-18-13-15-21(25)19-28-4/h6-7,11-12,14,16,21,23H,2-3,5,8-10,13,15,17-19H2,1,4H3/t21-,23+/m0/s1. The molecule has 1 heterocycles. The number of unbranched alkanes of at least 4 members (excludes halogenated alkanes) is 3. The summed E-state index contributed by atoms with van der Waals surface area (Å²) >= 11 is 0. The van der Waals surface area contributed by atoms with E-state index in [0.717, 1.165) is 43.4 Å². The summed E-state index contributed by atoms with van der Waals surface area (Å²) in [6.07, 6.45) is 11.1. The van der Waals surface area contributed by atoms with Crippen molar-refractivity contribution in [3.8, 4) is 0 Å². The number of hydrogen-bond donors (Lipinski definition) is 0. The highest BCUT2D eigenvalue weighted by Gasteiger charge is 2.36. The third kappa shape index (κ3) is 5.55. The lowest BCUT2D eigenvalue weighted by molar-refractivity contribution is -0.155. The molecular weight excluding hydrogens is 348 g/mol. The van der Waals surface area contributed by atoms with Crippen molar-refractivity contribution >= 4 is 12.0 Å². The van der Waals surface area contributed by atoms with E-state index in [2.05, 4.69) is 43.3 Å². The molecular formula is C24H36N2O2. The number of methoxy groups -OCH3 is 1. The largest absolute Gasteiger partial charge is 0.383 e. The van der Waals surface area contributed by atoms with Gasteiger partial charge in [0.1, 0.15) is 0 Å². The second-order valence-electron chi connectivity index (χ2n) is 7.50. The van der Waals surface area contributed by atoms with E-state index in [1.807, 2.05) is 17.2 Å². The van der Waals surface area contributed by atoms with Gasteiger partial charge >= 0.3 is 0 Å². The van der Waals surface area contributed by atoms with E-state index < -0.39 is 0 Å². The summed E-state index contributed by atoms with van der Waals surface area (Å²) in [5, 5.41) is 4.18. The third-order valence-electron chi connectivity index (χ3n) is 5.58.